The topological polar surface area (TPSA) is 44.0 Å². The predicted octanol–water partition coefficient (Wildman–Crippen LogP) is 1.98. The van der Waals surface area contributed by atoms with Crippen LogP contribution in [0.3, 0.4) is 0 Å². The summed E-state index contributed by atoms with van der Waals surface area (Å²) in [7, 11) is 0. The van der Waals surface area contributed by atoms with Crippen molar-refractivity contribution in [3.63, 3.8) is 0 Å². The molecule has 0 radical (unpaired) electrons. The molecule has 2 aromatic rings. The number of fused-ring (bicyclic) bond motifs is 1. The van der Waals surface area contributed by atoms with Crippen molar-refractivity contribution < 1.29 is 0 Å². The summed E-state index contributed by atoms with van der Waals surface area (Å²) in [5.74, 6) is 1.09. The van der Waals surface area contributed by atoms with Crippen LogP contribution in [0.4, 0.5) is 0 Å². The van der Waals surface area contributed by atoms with Crippen LogP contribution in [0.25, 0.3) is 11.0 Å². The van der Waals surface area contributed by atoms with Gasteiger partial charge in [-0.1, -0.05) is 0 Å². The van der Waals surface area contributed by atoms with E-state index in [1.54, 1.807) is 0 Å². The minimum absolute atomic E-state index is 0.925. The number of aryl methyl sites for hydroxylation is 2. The molecule has 3 rings (SSSR count). The zero-order chi connectivity index (χ0) is 13.2. The van der Waals surface area contributed by atoms with Crippen molar-refractivity contribution >= 4 is 11.0 Å². The standard InChI is InChI=1S/C15H22N4/c1-11-8-13-14(9-12(11)2)18-15(17-13)10-19-6-3-4-16-5-7-19/h8-9,16H,3-7,10H2,1-2H3,(H,17,18). The Morgan fingerprint density at radius 1 is 1.16 bits per heavy atom. The van der Waals surface area contributed by atoms with Gasteiger partial charge in [-0.15, -0.1) is 0 Å². The zero-order valence-corrected chi connectivity index (χ0v) is 11.8. The number of benzene rings is 1. The third-order valence-electron chi connectivity index (χ3n) is 3.95. The summed E-state index contributed by atoms with van der Waals surface area (Å²) >= 11 is 0. The lowest BCUT2D eigenvalue weighted by molar-refractivity contribution is 0.278. The number of aromatic amines is 1. The summed E-state index contributed by atoms with van der Waals surface area (Å²) in [6.45, 7) is 9.69. The molecule has 1 aromatic heterocycles. The van der Waals surface area contributed by atoms with Crippen molar-refractivity contribution in [2.75, 3.05) is 26.2 Å². The van der Waals surface area contributed by atoms with E-state index in [9.17, 15) is 0 Å². The highest BCUT2D eigenvalue weighted by Gasteiger charge is 2.12. The first-order valence-corrected chi connectivity index (χ1v) is 7.11. The van der Waals surface area contributed by atoms with Crippen molar-refractivity contribution in [2.24, 2.45) is 0 Å². The second-order valence-corrected chi connectivity index (χ2v) is 5.52. The van der Waals surface area contributed by atoms with Crippen LogP contribution in [0.15, 0.2) is 12.1 Å². The van der Waals surface area contributed by atoms with Gasteiger partial charge in [-0.25, -0.2) is 4.98 Å². The number of imidazole rings is 1. The van der Waals surface area contributed by atoms with E-state index < -0.39 is 0 Å². The highest BCUT2D eigenvalue weighted by molar-refractivity contribution is 5.77. The normalized spacial score (nSPS) is 17.8. The number of rotatable bonds is 2. The number of aromatic nitrogens is 2. The van der Waals surface area contributed by atoms with Crippen LogP contribution >= 0.6 is 0 Å². The second-order valence-electron chi connectivity index (χ2n) is 5.52. The average molecular weight is 258 g/mol. The molecule has 2 N–H and O–H groups in total. The molecule has 4 heteroatoms. The van der Waals surface area contributed by atoms with Gasteiger partial charge in [0.1, 0.15) is 5.82 Å². The van der Waals surface area contributed by atoms with Gasteiger partial charge in [-0.2, -0.15) is 0 Å². The lowest BCUT2D eigenvalue weighted by atomic mass is 10.1. The van der Waals surface area contributed by atoms with Crippen LogP contribution in [0.5, 0.6) is 0 Å². The molecule has 1 saturated heterocycles. The van der Waals surface area contributed by atoms with Crippen molar-refractivity contribution in [2.45, 2.75) is 26.8 Å². The van der Waals surface area contributed by atoms with Crippen LogP contribution in [-0.4, -0.2) is 41.0 Å². The van der Waals surface area contributed by atoms with Crippen molar-refractivity contribution in [1.82, 2.24) is 20.2 Å². The van der Waals surface area contributed by atoms with Crippen LogP contribution < -0.4 is 5.32 Å². The molecule has 1 aliphatic rings. The van der Waals surface area contributed by atoms with E-state index in [0.717, 1.165) is 49.6 Å². The Balaban J connectivity index is 1.80. The molecule has 0 saturated carbocycles. The molecule has 1 aromatic carbocycles. The lowest BCUT2D eigenvalue weighted by Crippen LogP contribution is -2.28. The number of H-pyrrole nitrogens is 1. The largest absolute Gasteiger partial charge is 0.341 e. The summed E-state index contributed by atoms with van der Waals surface area (Å²) in [6.07, 6.45) is 1.22. The number of hydrogen-bond donors (Lipinski definition) is 2. The van der Waals surface area contributed by atoms with Crippen LogP contribution in [0, 0.1) is 13.8 Å². The van der Waals surface area contributed by atoms with E-state index in [1.165, 1.54) is 17.5 Å². The quantitative estimate of drug-likeness (QED) is 0.865. The van der Waals surface area contributed by atoms with E-state index >= 15 is 0 Å². The fraction of sp³-hybridized carbons (Fsp3) is 0.533. The van der Waals surface area contributed by atoms with Crippen LogP contribution in [0.2, 0.25) is 0 Å². The molecule has 1 fully saturated rings. The molecule has 19 heavy (non-hydrogen) atoms. The van der Waals surface area contributed by atoms with Gasteiger partial charge in [0.2, 0.25) is 0 Å². The highest BCUT2D eigenvalue weighted by Crippen LogP contribution is 2.18. The monoisotopic (exact) mass is 258 g/mol. The Labute approximate surface area is 114 Å². The van der Waals surface area contributed by atoms with E-state index in [2.05, 4.69) is 41.2 Å². The third kappa shape index (κ3) is 2.80. The Morgan fingerprint density at radius 2 is 2.00 bits per heavy atom. The SMILES string of the molecule is Cc1cc2nc(CN3CCCNCC3)[nH]c2cc1C. The van der Waals surface area contributed by atoms with E-state index in [0.29, 0.717) is 0 Å². The predicted molar refractivity (Wildman–Crippen MR) is 78.3 cm³/mol. The van der Waals surface area contributed by atoms with E-state index in [1.807, 2.05) is 0 Å². The molecule has 0 spiro atoms. The van der Waals surface area contributed by atoms with Crippen molar-refractivity contribution in [3.05, 3.63) is 29.1 Å². The maximum Gasteiger partial charge on any atom is 0.121 e. The molecule has 2 heterocycles. The smallest absolute Gasteiger partial charge is 0.121 e. The highest BCUT2D eigenvalue weighted by atomic mass is 15.2. The van der Waals surface area contributed by atoms with Gasteiger partial charge >= 0.3 is 0 Å². The molecule has 0 atom stereocenters. The van der Waals surface area contributed by atoms with Crippen molar-refractivity contribution in [1.29, 1.82) is 0 Å². The first-order chi connectivity index (χ1) is 9.22. The molecule has 1 aliphatic heterocycles. The van der Waals surface area contributed by atoms with E-state index in [-0.39, 0.29) is 0 Å². The average Bonchev–Trinajstić information content (AvgIpc) is 2.60. The lowest BCUT2D eigenvalue weighted by Gasteiger charge is -2.17. The summed E-state index contributed by atoms with van der Waals surface area (Å²) in [6, 6.07) is 4.37. The minimum Gasteiger partial charge on any atom is -0.341 e. The third-order valence-corrected chi connectivity index (χ3v) is 3.95. The summed E-state index contributed by atoms with van der Waals surface area (Å²) in [5.41, 5.74) is 4.88. The fourth-order valence-electron chi connectivity index (χ4n) is 2.67. The van der Waals surface area contributed by atoms with Crippen molar-refractivity contribution in [3.8, 4) is 0 Å². The van der Waals surface area contributed by atoms with Gasteiger partial charge in [-0.05, 0) is 56.6 Å². The fourth-order valence-corrected chi connectivity index (χ4v) is 2.67. The second kappa shape index (κ2) is 5.31. The molecule has 0 unspecified atom stereocenters. The van der Waals surface area contributed by atoms with Gasteiger partial charge in [-0.3, -0.25) is 4.90 Å². The Hall–Kier alpha value is -1.39. The number of nitrogens with one attached hydrogen (secondary N) is 2. The first kappa shape index (κ1) is 12.6. The molecule has 0 bridgehead atoms. The Bertz CT molecular complexity index is 526. The molecular weight excluding hydrogens is 236 g/mol. The molecular formula is C15H22N4. The van der Waals surface area contributed by atoms with Gasteiger partial charge in [0.25, 0.3) is 0 Å². The van der Waals surface area contributed by atoms with Gasteiger partial charge in [0, 0.05) is 13.1 Å². The van der Waals surface area contributed by atoms with E-state index in [4.69, 9.17) is 4.98 Å². The number of hydrogen-bond acceptors (Lipinski definition) is 3. The zero-order valence-electron chi connectivity index (χ0n) is 11.8. The summed E-state index contributed by atoms with van der Waals surface area (Å²) in [4.78, 5) is 10.6. The number of nitrogens with zero attached hydrogens (tertiary/aromatic N) is 2. The van der Waals surface area contributed by atoms with Gasteiger partial charge in [0.05, 0.1) is 17.6 Å². The molecule has 0 aliphatic carbocycles. The summed E-state index contributed by atoms with van der Waals surface area (Å²) < 4.78 is 0. The minimum atomic E-state index is 0.925. The molecule has 102 valence electrons. The molecule has 0 amide bonds. The maximum absolute atomic E-state index is 4.72. The summed E-state index contributed by atoms with van der Waals surface area (Å²) in [5, 5.41) is 3.43. The van der Waals surface area contributed by atoms with Crippen LogP contribution in [-0.2, 0) is 6.54 Å². The Kier molecular flexibility index (Phi) is 3.53. The molecule has 4 nitrogen and oxygen atoms in total. The van der Waals surface area contributed by atoms with Gasteiger partial charge < -0.3 is 10.3 Å². The van der Waals surface area contributed by atoms with Gasteiger partial charge in [0.15, 0.2) is 0 Å². The first-order valence-electron chi connectivity index (χ1n) is 7.11. The maximum atomic E-state index is 4.72. The van der Waals surface area contributed by atoms with Crippen LogP contribution in [0.1, 0.15) is 23.4 Å². The Morgan fingerprint density at radius 3 is 2.89 bits per heavy atom.